The zero-order valence-corrected chi connectivity index (χ0v) is 12.4. The van der Waals surface area contributed by atoms with Crippen LogP contribution >= 0.6 is 0 Å². The number of aliphatic carboxylic acids is 1. The third-order valence-corrected chi connectivity index (χ3v) is 4.36. The van der Waals surface area contributed by atoms with Gasteiger partial charge in [0.2, 0.25) is 5.91 Å². The van der Waals surface area contributed by atoms with Crippen molar-refractivity contribution in [3.05, 3.63) is 36.5 Å². The van der Waals surface area contributed by atoms with E-state index in [1.165, 1.54) is 4.90 Å². The van der Waals surface area contributed by atoms with Gasteiger partial charge in [-0.2, -0.15) is 0 Å². The van der Waals surface area contributed by atoms with E-state index in [1.54, 1.807) is 0 Å². The first-order chi connectivity index (χ1) is 10.7. The minimum Gasteiger partial charge on any atom is -0.480 e. The maximum absolute atomic E-state index is 12.4. The van der Waals surface area contributed by atoms with E-state index >= 15 is 0 Å². The standard InChI is InChI=1S/C17H20N2O3/c20-16(19-10-4-3-7-15(19)17(21)22)9-12-18-11-8-13-5-1-2-6-14(13)18/h1-2,5-6,8,11,15H,3-4,7,9-10,12H2,(H,21,22). The molecule has 1 amide bonds. The minimum absolute atomic E-state index is 0.0649. The summed E-state index contributed by atoms with van der Waals surface area (Å²) in [7, 11) is 0. The van der Waals surface area contributed by atoms with E-state index < -0.39 is 12.0 Å². The number of fused-ring (bicyclic) bond motifs is 1. The van der Waals surface area contributed by atoms with Gasteiger partial charge in [-0.05, 0) is 36.8 Å². The molecule has 0 saturated carbocycles. The Morgan fingerprint density at radius 2 is 2.00 bits per heavy atom. The number of nitrogens with zero attached hydrogens (tertiary/aromatic N) is 2. The van der Waals surface area contributed by atoms with Crippen molar-refractivity contribution in [3.63, 3.8) is 0 Å². The summed E-state index contributed by atoms with van der Waals surface area (Å²) < 4.78 is 2.05. The lowest BCUT2D eigenvalue weighted by atomic mass is 10.0. The Labute approximate surface area is 129 Å². The molecule has 116 valence electrons. The van der Waals surface area contributed by atoms with Gasteiger partial charge in [-0.3, -0.25) is 4.79 Å². The molecule has 1 aromatic carbocycles. The smallest absolute Gasteiger partial charge is 0.326 e. The topological polar surface area (TPSA) is 62.5 Å². The van der Waals surface area contributed by atoms with E-state index in [1.807, 2.05) is 41.1 Å². The van der Waals surface area contributed by atoms with Crippen LogP contribution in [0.2, 0.25) is 0 Å². The summed E-state index contributed by atoms with van der Waals surface area (Å²) in [5.41, 5.74) is 1.10. The molecule has 3 rings (SSSR count). The fourth-order valence-corrected chi connectivity index (χ4v) is 3.18. The zero-order chi connectivity index (χ0) is 15.5. The Morgan fingerprint density at radius 3 is 2.82 bits per heavy atom. The second-order valence-electron chi connectivity index (χ2n) is 5.75. The van der Waals surface area contributed by atoms with Crippen LogP contribution in [-0.2, 0) is 16.1 Å². The van der Waals surface area contributed by atoms with Crippen molar-refractivity contribution >= 4 is 22.8 Å². The van der Waals surface area contributed by atoms with Crippen molar-refractivity contribution in [1.82, 2.24) is 9.47 Å². The first kappa shape index (κ1) is 14.6. The van der Waals surface area contributed by atoms with Crippen LogP contribution in [-0.4, -0.2) is 39.0 Å². The lowest BCUT2D eigenvalue weighted by Crippen LogP contribution is -2.48. The average molecular weight is 300 g/mol. The fraction of sp³-hybridized carbons (Fsp3) is 0.412. The van der Waals surface area contributed by atoms with Gasteiger partial charge in [-0.15, -0.1) is 0 Å². The summed E-state index contributed by atoms with van der Waals surface area (Å²) in [4.78, 5) is 25.2. The molecule has 2 heterocycles. The van der Waals surface area contributed by atoms with Gasteiger partial charge in [-0.1, -0.05) is 18.2 Å². The number of para-hydroxylation sites is 1. The number of aromatic nitrogens is 1. The minimum atomic E-state index is -0.889. The van der Waals surface area contributed by atoms with Crippen molar-refractivity contribution in [2.24, 2.45) is 0 Å². The normalized spacial score (nSPS) is 18.5. The maximum Gasteiger partial charge on any atom is 0.326 e. The molecule has 0 aliphatic carbocycles. The lowest BCUT2D eigenvalue weighted by Gasteiger charge is -2.33. The van der Waals surface area contributed by atoms with Gasteiger partial charge in [0, 0.05) is 31.2 Å². The van der Waals surface area contributed by atoms with E-state index in [0.717, 1.165) is 23.7 Å². The highest BCUT2D eigenvalue weighted by Gasteiger charge is 2.31. The summed E-state index contributed by atoms with van der Waals surface area (Å²) >= 11 is 0. The third kappa shape index (κ3) is 2.84. The predicted molar refractivity (Wildman–Crippen MR) is 83.5 cm³/mol. The summed E-state index contributed by atoms with van der Waals surface area (Å²) in [5.74, 6) is -0.954. The lowest BCUT2D eigenvalue weighted by molar-refractivity contribution is -0.152. The molecular formula is C17H20N2O3. The largest absolute Gasteiger partial charge is 0.480 e. The zero-order valence-electron chi connectivity index (χ0n) is 12.4. The van der Waals surface area contributed by atoms with Crippen molar-refractivity contribution in [2.75, 3.05) is 6.54 Å². The molecule has 1 aromatic heterocycles. The van der Waals surface area contributed by atoms with Gasteiger partial charge in [-0.25, -0.2) is 4.79 Å². The Morgan fingerprint density at radius 1 is 1.18 bits per heavy atom. The summed E-state index contributed by atoms with van der Waals surface area (Å²) in [5, 5.41) is 10.4. The number of carboxylic acids is 1. The second-order valence-corrected chi connectivity index (χ2v) is 5.75. The van der Waals surface area contributed by atoms with E-state index in [4.69, 9.17) is 0 Å². The predicted octanol–water partition coefficient (Wildman–Crippen LogP) is 2.50. The quantitative estimate of drug-likeness (QED) is 0.943. The molecule has 5 heteroatoms. The van der Waals surface area contributed by atoms with Crippen LogP contribution < -0.4 is 0 Å². The first-order valence-electron chi connectivity index (χ1n) is 7.73. The summed E-state index contributed by atoms with van der Waals surface area (Å²) in [6.45, 7) is 1.14. The number of likely N-dealkylation sites (tertiary alicyclic amines) is 1. The number of aryl methyl sites for hydroxylation is 1. The molecule has 1 saturated heterocycles. The van der Waals surface area contributed by atoms with Crippen LogP contribution in [0.4, 0.5) is 0 Å². The van der Waals surface area contributed by atoms with Crippen LogP contribution in [0.15, 0.2) is 36.5 Å². The van der Waals surface area contributed by atoms with Gasteiger partial charge in [0.15, 0.2) is 0 Å². The monoisotopic (exact) mass is 300 g/mol. The number of piperidine rings is 1. The number of hydrogen-bond donors (Lipinski definition) is 1. The van der Waals surface area contributed by atoms with Crippen molar-refractivity contribution in [1.29, 1.82) is 0 Å². The summed E-state index contributed by atoms with van der Waals surface area (Å²) in [6.07, 6.45) is 4.64. The number of hydrogen-bond acceptors (Lipinski definition) is 2. The van der Waals surface area contributed by atoms with Gasteiger partial charge >= 0.3 is 5.97 Å². The molecule has 1 aliphatic rings. The molecule has 22 heavy (non-hydrogen) atoms. The number of benzene rings is 1. The fourth-order valence-electron chi connectivity index (χ4n) is 3.18. The van der Waals surface area contributed by atoms with Crippen LogP contribution in [0, 0.1) is 0 Å². The SMILES string of the molecule is O=C(O)C1CCCCN1C(=O)CCn1ccc2ccccc21. The molecule has 0 bridgehead atoms. The van der Waals surface area contributed by atoms with Gasteiger partial charge in [0.1, 0.15) is 6.04 Å². The van der Waals surface area contributed by atoms with E-state index in [0.29, 0.717) is 25.9 Å². The molecule has 1 N–H and O–H groups in total. The van der Waals surface area contributed by atoms with Crippen LogP contribution in [0.5, 0.6) is 0 Å². The number of carbonyl (C=O) groups excluding carboxylic acids is 1. The molecule has 0 spiro atoms. The van der Waals surface area contributed by atoms with E-state index in [2.05, 4.69) is 0 Å². The van der Waals surface area contributed by atoms with E-state index in [-0.39, 0.29) is 5.91 Å². The highest BCUT2D eigenvalue weighted by molar-refractivity contribution is 5.84. The number of rotatable bonds is 4. The van der Waals surface area contributed by atoms with Crippen LogP contribution in [0.3, 0.4) is 0 Å². The molecule has 1 aliphatic heterocycles. The Kier molecular flexibility index (Phi) is 4.13. The Hall–Kier alpha value is -2.30. The number of amides is 1. The van der Waals surface area contributed by atoms with Crippen molar-refractivity contribution in [2.45, 2.75) is 38.3 Å². The third-order valence-electron chi connectivity index (χ3n) is 4.36. The van der Waals surface area contributed by atoms with Crippen LogP contribution in [0.1, 0.15) is 25.7 Å². The molecule has 5 nitrogen and oxygen atoms in total. The highest BCUT2D eigenvalue weighted by Crippen LogP contribution is 2.19. The van der Waals surface area contributed by atoms with Crippen molar-refractivity contribution < 1.29 is 14.7 Å². The highest BCUT2D eigenvalue weighted by atomic mass is 16.4. The molecule has 1 unspecified atom stereocenters. The first-order valence-corrected chi connectivity index (χ1v) is 7.73. The molecule has 1 atom stereocenters. The average Bonchev–Trinajstić information content (AvgIpc) is 2.96. The molecular weight excluding hydrogens is 280 g/mol. The number of carboxylic acid groups (broad SMARTS) is 1. The van der Waals surface area contributed by atoms with Gasteiger partial charge in [0.25, 0.3) is 0 Å². The molecule has 0 radical (unpaired) electrons. The van der Waals surface area contributed by atoms with Gasteiger partial charge < -0.3 is 14.6 Å². The number of carbonyl (C=O) groups is 2. The van der Waals surface area contributed by atoms with Crippen LogP contribution in [0.25, 0.3) is 10.9 Å². The van der Waals surface area contributed by atoms with Crippen molar-refractivity contribution in [3.8, 4) is 0 Å². The molecule has 1 fully saturated rings. The van der Waals surface area contributed by atoms with E-state index in [9.17, 15) is 14.7 Å². The Balaban J connectivity index is 1.67. The Bertz CT molecular complexity index is 692. The van der Waals surface area contributed by atoms with Gasteiger partial charge in [0.05, 0.1) is 0 Å². The summed E-state index contributed by atoms with van der Waals surface area (Å²) in [6, 6.07) is 9.41. The molecule has 2 aromatic rings. The second kappa shape index (κ2) is 6.22. The maximum atomic E-state index is 12.4.